The van der Waals surface area contributed by atoms with Gasteiger partial charge in [-0.2, -0.15) is 0 Å². The second-order valence-electron chi connectivity index (χ2n) is 4.91. The van der Waals surface area contributed by atoms with Gasteiger partial charge in [-0.1, -0.05) is 6.07 Å². The van der Waals surface area contributed by atoms with Gasteiger partial charge in [-0.25, -0.2) is 8.42 Å². The normalized spacial score (nSPS) is 22.3. The molecule has 0 radical (unpaired) electrons. The lowest BCUT2D eigenvalue weighted by Crippen LogP contribution is -2.35. The fourth-order valence-corrected chi connectivity index (χ4v) is 3.19. The first-order chi connectivity index (χ1) is 8.87. The van der Waals surface area contributed by atoms with Crippen molar-refractivity contribution in [2.24, 2.45) is 0 Å². The first-order valence-corrected chi connectivity index (χ1v) is 7.45. The predicted molar refractivity (Wildman–Crippen MR) is 67.8 cm³/mol. The number of carboxylic acid groups (broad SMARTS) is 1. The molecule has 7 heteroatoms. The Labute approximate surface area is 110 Å². The van der Waals surface area contributed by atoms with Crippen molar-refractivity contribution >= 4 is 21.7 Å². The number of sulfonamides is 1. The van der Waals surface area contributed by atoms with E-state index in [2.05, 4.69) is 0 Å². The number of fused-ring (bicyclic) bond motifs is 1. The Bertz CT molecular complexity index is 663. The summed E-state index contributed by atoms with van der Waals surface area (Å²) in [5.74, 6) is -0.841. The number of rotatable bonds is 2. The average Bonchev–Trinajstić information content (AvgIpc) is 3.15. The van der Waals surface area contributed by atoms with Gasteiger partial charge in [-0.15, -0.1) is 0 Å². The van der Waals surface area contributed by atoms with Crippen LogP contribution in [-0.4, -0.2) is 32.5 Å². The summed E-state index contributed by atoms with van der Waals surface area (Å²) in [7, 11) is -1.97. The first kappa shape index (κ1) is 12.3. The Balaban J connectivity index is 2.06. The summed E-state index contributed by atoms with van der Waals surface area (Å²) >= 11 is 0. The summed E-state index contributed by atoms with van der Waals surface area (Å²) in [6.45, 7) is 0. The second-order valence-corrected chi connectivity index (χ2v) is 6.86. The zero-order chi connectivity index (χ0) is 13.8. The number of nitrogens with zero attached hydrogens (tertiary/aromatic N) is 1. The van der Waals surface area contributed by atoms with Crippen LogP contribution in [0.25, 0.3) is 0 Å². The van der Waals surface area contributed by atoms with Crippen molar-refractivity contribution < 1.29 is 23.1 Å². The zero-order valence-electron chi connectivity index (χ0n) is 10.3. The van der Waals surface area contributed by atoms with Crippen molar-refractivity contribution in [2.45, 2.75) is 18.3 Å². The molecule has 0 saturated heterocycles. The Morgan fingerprint density at radius 3 is 2.68 bits per heavy atom. The maximum atomic E-state index is 11.7. The molecule has 0 bridgehead atoms. The topological polar surface area (TPSA) is 83.9 Å². The third-order valence-corrected chi connectivity index (χ3v) is 5.24. The maximum Gasteiger partial charge on any atom is 0.314 e. The van der Waals surface area contributed by atoms with E-state index >= 15 is 0 Å². The van der Waals surface area contributed by atoms with E-state index < -0.39 is 27.3 Å². The summed E-state index contributed by atoms with van der Waals surface area (Å²) in [6, 6.07) is 4.91. The van der Waals surface area contributed by atoms with Crippen LogP contribution in [0.2, 0.25) is 0 Å². The molecule has 3 rings (SSSR count). The summed E-state index contributed by atoms with van der Waals surface area (Å²) in [5.41, 5.74) is 0.301. The molecule has 1 aromatic rings. The molecule has 1 fully saturated rings. The largest absolute Gasteiger partial charge is 0.481 e. The number of hydrogen-bond donors (Lipinski definition) is 1. The molecule has 0 spiro atoms. The lowest BCUT2D eigenvalue weighted by molar-refractivity contribution is -0.140. The van der Waals surface area contributed by atoms with Gasteiger partial charge in [0.25, 0.3) is 10.0 Å². The fraction of sp³-hybridized carbons (Fsp3) is 0.417. The van der Waals surface area contributed by atoms with Crippen LogP contribution in [0.4, 0.5) is 5.69 Å². The van der Waals surface area contributed by atoms with Crippen LogP contribution >= 0.6 is 0 Å². The molecule has 1 heterocycles. The molecule has 1 aliphatic carbocycles. The molecular weight excluding hydrogens is 270 g/mol. The molecule has 0 unspecified atom stereocenters. The Hall–Kier alpha value is -1.76. The minimum Gasteiger partial charge on any atom is -0.481 e. The Morgan fingerprint density at radius 2 is 2.11 bits per heavy atom. The third kappa shape index (κ3) is 1.68. The maximum absolute atomic E-state index is 11.7. The highest BCUT2D eigenvalue weighted by Crippen LogP contribution is 2.50. The Kier molecular flexibility index (Phi) is 2.35. The summed E-state index contributed by atoms with van der Waals surface area (Å²) in [5, 5.41) is 9.25. The highest BCUT2D eigenvalue weighted by Gasteiger charge is 2.52. The zero-order valence-corrected chi connectivity index (χ0v) is 11.1. The summed E-state index contributed by atoms with van der Waals surface area (Å²) in [6.07, 6.45) is 1.21. The molecule has 1 N–H and O–H groups in total. The number of hydrogen-bond acceptors (Lipinski definition) is 4. The van der Waals surface area contributed by atoms with Crippen LogP contribution in [-0.2, 0) is 20.2 Å². The van der Waals surface area contributed by atoms with Gasteiger partial charge in [0.05, 0.1) is 11.1 Å². The molecule has 0 aromatic heterocycles. The van der Waals surface area contributed by atoms with Gasteiger partial charge in [0.1, 0.15) is 5.75 Å². The molecule has 1 saturated carbocycles. The molecule has 0 atom stereocenters. The molecule has 2 aliphatic rings. The van der Waals surface area contributed by atoms with E-state index in [0.717, 1.165) is 4.31 Å². The standard InChI is InChI=1S/C12H13NO5S/c1-13-9-3-2-8(12(4-5-12)11(14)15)6-10(9)18-7-19(13,16)17/h2-3,6H,4-5,7H2,1H3,(H,14,15). The van der Waals surface area contributed by atoms with E-state index in [4.69, 9.17) is 4.74 Å². The van der Waals surface area contributed by atoms with E-state index in [1.807, 2.05) is 0 Å². The first-order valence-electron chi connectivity index (χ1n) is 5.84. The number of carboxylic acids is 1. The molecule has 6 nitrogen and oxygen atoms in total. The van der Waals surface area contributed by atoms with E-state index in [1.54, 1.807) is 18.2 Å². The molecule has 102 valence electrons. The van der Waals surface area contributed by atoms with Crippen LogP contribution < -0.4 is 9.04 Å². The quantitative estimate of drug-likeness (QED) is 0.872. The minimum atomic E-state index is -3.43. The highest BCUT2D eigenvalue weighted by molar-refractivity contribution is 7.92. The van der Waals surface area contributed by atoms with Crippen LogP contribution in [0.15, 0.2) is 18.2 Å². The van der Waals surface area contributed by atoms with E-state index in [1.165, 1.54) is 7.05 Å². The number of aliphatic carboxylic acids is 1. The van der Waals surface area contributed by atoms with Gasteiger partial charge in [0, 0.05) is 7.05 Å². The predicted octanol–water partition coefficient (Wildman–Crippen LogP) is 0.919. The van der Waals surface area contributed by atoms with Gasteiger partial charge in [0.15, 0.2) is 0 Å². The second kappa shape index (κ2) is 3.63. The van der Waals surface area contributed by atoms with Gasteiger partial charge in [-0.3, -0.25) is 9.10 Å². The lowest BCUT2D eigenvalue weighted by atomic mass is 9.95. The monoisotopic (exact) mass is 283 g/mol. The van der Waals surface area contributed by atoms with Gasteiger partial charge >= 0.3 is 5.97 Å². The van der Waals surface area contributed by atoms with Crippen molar-refractivity contribution in [3.8, 4) is 5.75 Å². The third-order valence-electron chi connectivity index (χ3n) is 3.79. The molecule has 0 amide bonds. The van der Waals surface area contributed by atoms with Crippen molar-refractivity contribution in [1.82, 2.24) is 0 Å². The summed E-state index contributed by atoms with van der Waals surface area (Å²) in [4.78, 5) is 11.3. The Morgan fingerprint density at radius 1 is 1.42 bits per heavy atom. The van der Waals surface area contributed by atoms with Crippen molar-refractivity contribution in [3.63, 3.8) is 0 Å². The SMILES string of the molecule is CN1c2ccc(C3(C(=O)O)CC3)cc2OCS1(=O)=O. The summed E-state index contributed by atoms with van der Waals surface area (Å²) < 4.78 is 29.7. The van der Waals surface area contributed by atoms with E-state index in [0.29, 0.717) is 29.8 Å². The smallest absolute Gasteiger partial charge is 0.314 e. The number of benzene rings is 1. The van der Waals surface area contributed by atoms with Gasteiger partial charge in [-0.05, 0) is 30.5 Å². The van der Waals surface area contributed by atoms with E-state index in [-0.39, 0.29) is 0 Å². The molecule has 19 heavy (non-hydrogen) atoms. The lowest BCUT2D eigenvalue weighted by Gasteiger charge is -2.28. The van der Waals surface area contributed by atoms with Crippen LogP contribution in [0.5, 0.6) is 5.75 Å². The highest BCUT2D eigenvalue weighted by atomic mass is 32.2. The van der Waals surface area contributed by atoms with Crippen LogP contribution in [0.1, 0.15) is 18.4 Å². The van der Waals surface area contributed by atoms with Crippen LogP contribution in [0.3, 0.4) is 0 Å². The average molecular weight is 283 g/mol. The molecular formula is C12H13NO5S. The van der Waals surface area contributed by atoms with Crippen molar-refractivity contribution in [3.05, 3.63) is 23.8 Å². The van der Waals surface area contributed by atoms with Crippen LogP contribution in [0, 0.1) is 0 Å². The molecule has 1 aliphatic heterocycles. The van der Waals surface area contributed by atoms with Gasteiger partial charge < -0.3 is 9.84 Å². The number of anilines is 1. The minimum absolute atomic E-state index is 0.417. The number of carbonyl (C=O) groups is 1. The fourth-order valence-electron chi connectivity index (χ4n) is 2.31. The number of ether oxygens (including phenoxy) is 1. The van der Waals surface area contributed by atoms with Gasteiger partial charge in [0.2, 0.25) is 5.94 Å². The van der Waals surface area contributed by atoms with E-state index in [9.17, 15) is 18.3 Å². The van der Waals surface area contributed by atoms with Crippen molar-refractivity contribution in [1.29, 1.82) is 0 Å². The molecule has 1 aromatic carbocycles. The van der Waals surface area contributed by atoms with Crippen molar-refractivity contribution in [2.75, 3.05) is 17.3 Å².